The third-order valence-electron chi connectivity index (χ3n) is 5.32. The maximum absolute atomic E-state index is 12.9. The Balaban J connectivity index is 1.98. The van der Waals surface area contributed by atoms with E-state index in [2.05, 4.69) is 23.7 Å². The maximum atomic E-state index is 12.9. The fourth-order valence-corrected chi connectivity index (χ4v) is 3.71. The number of pyridine rings is 1. The van der Waals surface area contributed by atoms with Crippen molar-refractivity contribution in [2.75, 3.05) is 26.2 Å². The van der Waals surface area contributed by atoms with Crippen LogP contribution in [0, 0.1) is 0 Å². The molecule has 1 fully saturated rings. The fourth-order valence-electron chi connectivity index (χ4n) is 3.71. The number of aliphatic hydroxyl groups excluding tert-OH is 1. The molecular formula is C23H27N3O3. The van der Waals surface area contributed by atoms with Crippen molar-refractivity contribution < 1.29 is 14.7 Å². The summed E-state index contributed by atoms with van der Waals surface area (Å²) < 4.78 is 0. The Bertz CT molecular complexity index is 877. The molecule has 1 aromatic heterocycles. The highest BCUT2D eigenvalue weighted by atomic mass is 16.3. The molecule has 1 amide bonds. The van der Waals surface area contributed by atoms with E-state index in [9.17, 15) is 14.7 Å². The first-order valence-corrected chi connectivity index (χ1v) is 10.1. The SMILES string of the molecule is CCN(CC)CCCN1C(=O)C(=O)C(=C(O)c2ccccc2)[C@@H]1c1ccccn1. The molecule has 1 N–H and O–H groups in total. The summed E-state index contributed by atoms with van der Waals surface area (Å²) in [5.41, 5.74) is 1.18. The molecule has 3 rings (SSSR count). The van der Waals surface area contributed by atoms with Crippen LogP contribution in [0.3, 0.4) is 0 Å². The van der Waals surface area contributed by atoms with E-state index in [1.165, 1.54) is 0 Å². The van der Waals surface area contributed by atoms with Crippen LogP contribution < -0.4 is 0 Å². The summed E-state index contributed by atoms with van der Waals surface area (Å²) >= 11 is 0. The number of ketones is 1. The summed E-state index contributed by atoms with van der Waals surface area (Å²) in [4.78, 5) is 33.9. The lowest BCUT2D eigenvalue weighted by atomic mass is 9.98. The number of carbonyl (C=O) groups excluding carboxylic acids is 2. The van der Waals surface area contributed by atoms with Gasteiger partial charge >= 0.3 is 0 Å². The molecule has 1 aliphatic rings. The molecule has 0 spiro atoms. The van der Waals surface area contributed by atoms with E-state index < -0.39 is 17.7 Å². The standard InChI is InChI=1S/C23H27N3O3/c1-3-25(4-2)15-10-16-26-20(18-13-8-9-14-24-18)19(22(28)23(26)29)21(27)17-11-6-5-7-12-17/h5-9,11-14,20,27H,3-4,10,15-16H2,1-2H3/t20-/m0/s1. The first-order chi connectivity index (χ1) is 14.1. The second kappa shape index (κ2) is 9.47. The Morgan fingerprint density at radius 3 is 2.38 bits per heavy atom. The summed E-state index contributed by atoms with van der Waals surface area (Å²) in [6, 6.07) is 13.5. The highest BCUT2D eigenvalue weighted by Gasteiger charge is 2.46. The van der Waals surface area contributed by atoms with Gasteiger partial charge in [0.05, 0.1) is 11.3 Å². The van der Waals surface area contributed by atoms with E-state index in [1.54, 1.807) is 47.5 Å². The number of likely N-dealkylation sites (tertiary alicyclic amines) is 1. The van der Waals surface area contributed by atoms with Crippen LogP contribution in [0.15, 0.2) is 60.3 Å². The number of rotatable bonds is 8. The van der Waals surface area contributed by atoms with Gasteiger partial charge in [0.2, 0.25) is 0 Å². The number of hydrogen-bond acceptors (Lipinski definition) is 5. The Kier molecular flexibility index (Phi) is 6.77. The van der Waals surface area contributed by atoms with Gasteiger partial charge in [0, 0.05) is 18.3 Å². The smallest absolute Gasteiger partial charge is 0.295 e. The average Bonchev–Trinajstić information content (AvgIpc) is 3.02. The highest BCUT2D eigenvalue weighted by molar-refractivity contribution is 6.46. The van der Waals surface area contributed by atoms with E-state index in [0.717, 1.165) is 26.1 Å². The molecule has 0 radical (unpaired) electrons. The predicted octanol–water partition coefficient (Wildman–Crippen LogP) is 3.24. The Morgan fingerprint density at radius 2 is 1.76 bits per heavy atom. The quantitative estimate of drug-likeness (QED) is 0.423. The second-order valence-electron chi connectivity index (χ2n) is 6.99. The molecule has 1 aliphatic heterocycles. The van der Waals surface area contributed by atoms with E-state index in [1.807, 2.05) is 12.1 Å². The summed E-state index contributed by atoms with van der Waals surface area (Å²) in [6.45, 7) is 7.34. The van der Waals surface area contributed by atoms with Gasteiger partial charge in [-0.05, 0) is 38.2 Å². The van der Waals surface area contributed by atoms with Gasteiger partial charge in [0.15, 0.2) is 0 Å². The Labute approximate surface area is 171 Å². The number of carbonyl (C=O) groups is 2. The zero-order valence-corrected chi connectivity index (χ0v) is 16.9. The second-order valence-corrected chi connectivity index (χ2v) is 6.99. The number of benzene rings is 1. The van der Waals surface area contributed by atoms with Gasteiger partial charge in [-0.25, -0.2) is 0 Å². The Morgan fingerprint density at radius 1 is 1.07 bits per heavy atom. The van der Waals surface area contributed by atoms with Crippen molar-refractivity contribution in [3.8, 4) is 0 Å². The van der Waals surface area contributed by atoms with E-state index in [-0.39, 0.29) is 11.3 Å². The highest BCUT2D eigenvalue weighted by Crippen LogP contribution is 2.38. The molecule has 0 saturated carbocycles. The van der Waals surface area contributed by atoms with Crippen molar-refractivity contribution in [3.63, 3.8) is 0 Å². The average molecular weight is 393 g/mol. The normalized spacial score (nSPS) is 18.6. The first kappa shape index (κ1) is 20.7. The predicted molar refractivity (Wildman–Crippen MR) is 112 cm³/mol. The van der Waals surface area contributed by atoms with Crippen molar-refractivity contribution in [3.05, 3.63) is 71.6 Å². The molecule has 152 valence electrons. The summed E-state index contributed by atoms with van der Waals surface area (Å²) in [7, 11) is 0. The van der Waals surface area contributed by atoms with Gasteiger partial charge in [-0.3, -0.25) is 14.6 Å². The van der Waals surface area contributed by atoms with Gasteiger partial charge in [0.1, 0.15) is 11.8 Å². The van der Waals surface area contributed by atoms with Crippen LogP contribution in [-0.2, 0) is 9.59 Å². The van der Waals surface area contributed by atoms with Gasteiger partial charge in [-0.1, -0.05) is 50.2 Å². The molecule has 6 nitrogen and oxygen atoms in total. The summed E-state index contributed by atoms with van der Waals surface area (Å²) in [5, 5.41) is 10.9. The molecule has 1 saturated heterocycles. The minimum Gasteiger partial charge on any atom is -0.507 e. The number of hydrogen-bond donors (Lipinski definition) is 1. The third-order valence-corrected chi connectivity index (χ3v) is 5.32. The molecule has 0 unspecified atom stereocenters. The van der Waals surface area contributed by atoms with E-state index in [4.69, 9.17) is 0 Å². The number of Topliss-reactive ketones (excluding diaryl/α,β-unsaturated/α-hetero) is 1. The van der Waals surface area contributed by atoms with Crippen LogP contribution in [0.1, 0.15) is 37.6 Å². The van der Waals surface area contributed by atoms with Gasteiger partial charge < -0.3 is 14.9 Å². The number of aliphatic hydroxyl groups is 1. The van der Waals surface area contributed by atoms with Crippen LogP contribution in [-0.4, -0.2) is 57.8 Å². The molecule has 1 atom stereocenters. The minimum absolute atomic E-state index is 0.0998. The molecule has 0 bridgehead atoms. The van der Waals surface area contributed by atoms with Gasteiger partial charge in [-0.15, -0.1) is 0 Å². The lowest BCUT2D eigenvalue weighted by molar-refractivity contribution is -0.140. The van der Waals surface area contributed by atoms with Crippen molar-refractivity contribution in [2.45, 2.75) is 26.3 Å². The van der Waals surface area contributed by atoms with Crippen molar-refractivity contribution >= 4 is 17.4 Å². The fraction of sp³-hybridized carbons (Fsp3) is 0.348. The van der Waals surface area contributed by atoms with Crippen molar-refractivity contribution in [1.29, 1.82) is 0 Å². The van der Waals surface area contributed by atoms with Crippen LogP contribution >= 0.6 is 0 Å². The zero-order valence-electron chi connectivity index (χ0n) is 16.9. The first-order valence-electron chi connectivity index (χ1n) is 10.1. The van der Waals surface area contributed by atoms with Crippen molar-refractivity contribution in [2.24, 2.45) is 0 Å². The Hall–Kier alpha value is -2.99. The third kappa shape index (κ3) is 4.38. The largest absolute Gasteiger partial charge is 0.507 e. The zero-order chi connectivity index (χ0) is 20.8. The van der Waals surface area contributed by atoms with E-state index in [0.29, 0.717) is 17.8 Å². The number of amides is 1. The van der Waals surface area contributed by atoms with Crippen LogP contribution in [0.5, 0.6) is 0 Å². The van der Waals surface area contributed by atoms with Gasteiger partial charge in [-0.2, -0.15) is 0 Å². The monoisotopic (exact) mass is 393 g/mol. The molecule has 6 heteroatoms. The van der Waals surface area contributed by atoms with Crippen molar-refractivity contribution in [1.82, 2.24) is 14.8 Å². The van der Waals surface area contributed by atoms with Crippen LogP contribution in [0.2, 0.25) is 0 Å². The molecule has 2 heterocycles. The maximum Gasteiger partial charge on any atom is 0.295 e. The molecular weight excluding hydrogens is 366 g/mol. The molecule has 1 aromatic carbocycles. The number of aromatic nitrogens is 1. The molecule has 29 heavy (non-hydrogen) atoms. The number of nitrogens with zero attached hydrogens (tertiary/aromatic N) is 3. The summed E-state index contributed by atoms with van der Waals surface area (Å²) in [5.74, 6) is -1.41. The lowest BCUT2D eigenvalue weighted by Crippen LogP contribution is -2.33. The lowest BCUT2D eigenvalue weighted by Gasteiger charge is -2.26. The van der Waals surface area contributed by atoms with E-state index >= 15 is 0 Å². The van der Waals surface area contributed by atoms with Crippen LogP contribution in [0.25, 0.3) is 5.76 Å². The molecule has 2 aromatic rings. The molecule has 0 aliphatic carbocycles. The topological polar surface area (TPSA) is 73.7 Å². The van der Waals surface area contributed by atoms with Gasteiger partial charge in [0.25, 0.3) is 11.7 Å². The minimum atomic E-state index is -0.687. The summed E-state index contributed by atoms with van der Waals surface area (Å²) in [6.07, 6.45) is 2.37. The van der Waals surface area contributed by atoms with Crippen LogP contribution in [0.4, 0.5) is 0 Å².